The van der Waals surface area contributed by atoms with E-state index in [-0.39, 0.29) is 47.0 Å². The molecule has 0 aliphatic carbocycles. The van der Waals surface area contributed by atoms with Gasteiger partial charge in [0.1, 0.15) is 5.70 Å². The SMILES string of the molecule is C[C@@H](O)[C@H]1C(=O)N2C(C(=O)O)=C(S[C@@H]3CN[C@H](/C(CC(N)=O)=N/O)C3)[C@H](C)[C@H]12. The summed E-state index contributed by atoms with van der Waals surface area (Å²) in [6.45, 7) is 3.93. The van der Waals surface area contributed by atoms with Gasteiger partial charge >= 0.3 is 5.97 Å². The van der Waals surface area contributed by atoms with E-state index in [9.17, 15) is 24.6 Å². The van der Waals surface area contributed by atoms with Crippen molar-refractivity contribution in [2.75, 3.05) is 6.54 Å². The number of aliphatic carboxylic acids is 1. The van der Waals surface area contributed by atoms with Crippen molar-refractivity contribution in [1.82, 2.24) is 10.2 Å². The van der Waals surface area contributed by atoms with Crippen molar-refractivity contribution in [3.05, 3.63) is 10.6 Å². The van der Waals surface area contributed by atoms with Crippen LogP contribution in [0.15, 0.2) is 15.8 Å². The average Bonchev–Trinajstić information content (AvgIpc) is 3.15. The van der Waals surface area contributed by atoms with Crippen molar-refractivity contribution in [3.8, 4) is 0 Å². The number of hydrogen-bond donors (Lipinski definition) is 5. The van der Waals surface area contributed by atoms with Gasteiger partial charge in [-0.3, -0.25) is 9.59 Å². The van der Waals surface area contributed by atoms with Gasteiger partial charge in [0.2, 0.25) is 11.8 Å². The van der Waals surface area contributed by atoms with E-state index in [0.717, 1.165) is 0 Å². The van der Waals surface area contributed by atoms with Crippen LogP contribution < -0.4 is 11.1 Å². The van der Waals surface area contributed by atoms with Crippen LogP contribution in [0, 0.1) is 11.8 Å². The number of aliphatic hydroxyl groups is 1. The lowest BCUT2D eigenvalue weighted by atomic mass is 9.79. The first-order valence-corrected chi connectivity index (χ1v) is 9.93. The molecule has 6 atom stereocenters. The first kappa shape index (κ1) is 20.6. The summed E-state index contributed by atoms with van der Waals surface area (Å²) in [7, 11) is 0. The van der Waals surface area contributed by atoms with Gasteiger partial charge in [-0.1, -0.05) is 12.1 Å². The lowest BCUT2D eigenvalue weighted by Crippen LogP contribution is -2.63. The highest BCUT2D eigenvalue weighted by molar-refractivity contribution is 8.03. The van der Waals surface area contributed by atoms with E-state index in [2.05, 4.69) is 10.5 Å². The Labute approximate surface area is 165 Å². The zero-order valence-electron chi connectivity index (χ0n) is 15.5. The second-order valence-corrected chi connectivity index (χ2v) is 8.78. The van der Waals surface area contributed by atoms with Crippen molar-refractivity contribution in [1.29, 1.82) is 0 Å². The maximum absolute atomic E-state index is 12.4. The van der Waals surface area contributed by atoms with Crippen LogP contribution >= 0.6 is 11.8 Å². The summed E-state index contributed by atoms with van der Waals surface area (Å²) in [5, 5.41) is 35.0. The third kappa shape index (κ3) is 3.38. The highest BCUT2D eigenvalue weighted by atomic mass is 32.2. The summed E-state index contributed by atoms with van der Waals surface area (Å²) in [6.07, 6.45) is -0.477. The number of primary amides is 1. The number of nitrogens with one attached hydrogen (secondary N) is 1. The molecule has 10 nitrogen and oxygen atoms in total. The molecule has 3 aliphatic heterocycles. The van der Waals surface area contributed by atoms with Gasteiger partial charge < -0.3 is 31.4 Å². The van der Waals surface area contributed by atoms with Gasteiger partial charge in [0.25, 0.3) is 0 Å². The fraction of sp³-hybridized carbons (Fsp3) is 0.647. The second kappa shape index (κ2) is 7.72. The number of fused-ring (bicyclic) bond motifs is 1. The first-order chi connectivity index (χ1) is 13.2. The molecule has 0 bridgehead atoms. The number of rotatable bonds is 7. The number of aliphatic hydroxyl groups excluding tert-OH is 1. The van der Waals surface area contributed by atoms with E-state index in [1.54, 1.807) is 0 Å². The summed E-state index contributed by atoms with van der Waals surface area (Å²) < 4.78 is 0. The van der Waals surface area contributed by atoms with Crippen molar-refractivity contribution in [3.63, 3.8) is 0 Å². The van der Waals surface area contributed by atoms with Gasteiger partial charge in [0.15, 0.2) is 0 Å². The fourth-order valence-electron chi connectivity index (χ4n) is 4.31. The molecule has 0 saturated carbocycles. The van der Waals surface area contributed by atoms with Crippen LogP contribution in [0.3, 0.4) is 0 Å². The van der Waals surface area contributed by atoms with Crippen molar-refractivity contribution >= 4 is 35.3 Å². The Morgan fingerprint density at radius 3 is 2.68 bits per heavy atom. The van der Waals surface area contributed by atoms with Gasteiger partial charge in [0, 0.05) is 22.6 Å². The summed E-state index contributed by atoms with van der Waals surface area (Å²) >= 11 is 1.38. The Balaban J connectivity index is 1.76. The Bertz CT molecular complexity index is 767. The van der Waals surface area contributed by atoms with Gasteiger partial charge in [-0.25, -0.2) is 4.79 Å². The van der Waals surface area contributed by atoms with E-state index < -0.39 is 23.9 Å². The Morgan fingerprint density at radius 1 is 1.46 bits per heavy atom. The minimum absolute atomic E-state index is 0.0129. The van der Waals surface area contributed by atoms with Crippen molar-refractivity contribution in [2.24, 2.45) is 22.7 Å². The topological polar surface area (TPSA) is 166 Å². The molecule has 28 heavy (non-hydrogen) atoms. The molecule has 154 valence electrons. The maximum Gasteiger partial charge on any atom is 0.353 e. The first-order valence-electron chi connectivity index (χ1n) is 9.05. The highest BCUT2D eigenvalue weighted by Crippen LogP contribution is 2.51. The molecule has 2 saturated heterocycles. The van der Waals surface area contributed by atoms with Crippen LogP contribution in [0.4, 0.5) is 0 Å². The molecule has 0 spiro atoms. The van der Waals surface area contributed by atoms with Crippen LogP contribution in [0.2, 0.25) is 0 Å². The Hall–Kier alpha value is -2.11. The fourth-order valence-corrected chi connectivity index (χ4v) is 5.79. The highest BCUT2D eigenvalue weighted by Gasteiger charge is 2.60. The number of carbonyl (C=O) groups is 3. The number of β-lactam (4-membered cyclic amide) rings is 1. The predicted molar refractivity (Wildman–Crippen MR) is 100 cm³/mol. The normalized spacial score (nSPS) is 33.7. The Kier molecular flexibility index (Phi) is 5.69. The summed E-state index contributed by atoms with van der Waals surface area (Å²) in [5.74, 6) is -2.93. The quantitative estimate of drug-likeness (QED) is 0.159. The molecule has 0 radical (unpaired) electrons. The van der Waals surface area contributed by atoms with E-state index >= 15 is 0 Å². The lowest BCUT2D eigenvalue weighted by molar-refractivity contribution is -0.163. The molecule has 2 fully saturated rings. The zero-order chi connectivity index (χ0) is 20.7. The molecular formula is C17H24N4O6S. The van der Waals surface area contributed by atoms with Crippen LogP contribution in [0.5, 0.6) is 0 Å². The number of carboxylic acids is 1. The predicted octanol–water partition coefficient (Wildman–Crippen LogP) is -0.691. The number of carboxylic acid groups (broad SMARTS) is 1. The van der Waals surface area contributed by atoms with E-state index in [4.69, 9.17) is 10.9 Å². The number of amides is 2. The van der Waals surface area contributed by atoms with Crippen LogP contribution in [-0.4, -0.2) is 73.8 Å². The minimum Gasteiger partial charge on any atom is -0.477 e. The van der Waals surface area contributed by atoms with Gasteiger partial charge in [0.05, 0.1) is 36.2 Å². The largest absolute Gasteiger partial charge is 0.477 e. The van der Waals surface area contributed by atoms with Crippen LogP contribution in [0.25, 0.3) is 0 Å². The number of hydrogen-bond acceptors (Lipinski definition) is 8. The molecular weight excluding hydrogens is 388 g/mol. The smallest absolute Gasteiger partial charge is 0.353 e. The monoisotopic (exact) mass is 412 g/mol. The average molecular weight is 412 g/mol. The van der Waals surface area contributed by atoms with E-state index in [1.807, 2.05) is 6.92 Å². The number of nitrogens with two attached hydrogens (primary N) is 1. The lowest BCUT2D eigenvalue weighted by Gasteiger charge is -2.46. The third-order valence-electron chi connectivity index (χ3n) is 5.58. The molecule has 3 rings (SSSR count). The van der Waals surface area contributed by atoms with E-state index in [1.165, 1.54) is 23.6 Å². The molecule has 0 aromatic carbocycles. The number of thioether (sulfide) groups is 1. The molecule has 0 aromatic rings. The van der Waals surface area contributed by atoms with E-state index in [0.29, 0.717) is 17.9 Å². The molecule has 6 N–H and O–H groups in total. The van der Waals surface area contributed by atoms with Gasteiger partial charge in [-0.2, -0.15) is 0 Å². The molecule has 11 heteroatoms. The number of carbonyl (C=O) groups excluding carboxylic acids is 2. The zero-order valence-corrected chi connectivity index (χ0v) is 16.3. The Morgan fingerprint density at radius 2 is 2.14 bits per heavy atom. The summed E-state index contributed by atoms with van der Waals surface area (Å²) in [4.78, 5) is 37.2. The van der Waals surface area contributed by atoms with Crippen LogP contribution in [-0.2, 0) is 14.4 Å². The number of nitrogens with zero attached hydrogens (tertiary/aromatic N) is 2. The molecule has 0 aromatic heterocycles. The molecule has 3 heterocycles. The maximum atomic E-state index is 12.4. The van der Waals surface area contributed by atoms with Gasteiger partial charge in [-0.05, 0) is 13.3 Å². The summed E-state index contributed by atoms with van der Waals surface area (Å²) in [6, 6.07) is -0.680. The molecule has 3 aliphatic rings. The van der Waals surface area contributed by atoms with Crippen molar-refractivity contribution < 1.29 is 29.8 Å². The van der Waals surface area contributed by atoms with Gasteiger partial charge in [-0.15, -0.1) is 11.8 Å². The third-order valence-corrected chi connectivity index (χ3v) is 7.09. The second-order valence-electron chi connectivity index (χ2n) is 7.44. The molecule has 0 unspecified atom stereocenters. The minimum atomic E-state index is -1.16. The molecule has 2 amide bonds. The standard InChI is InChI=1S/C17H24N4O6S/c1-6-13-12(7(2)22)16(24)21(13)14(17(25)26)15(6)28-8-3-9(19-5-8)10(20-27)4-11(18)23/h6-9,12-13,19,22,27H,3-5H2,1-2H3,(H2,18,23)(H,25,26)/b20-10+/t6-,7-,8+,9+,12-,13-/m1/s1. The summed E-state index contributed by atoms with van der Waals surface area (Å²) in [5.41, 5.74) is 5.40. The van der Waals surface area contributed by atoms with Crippen molar-refractivity contribution in [2.45, 2.75) is 50.1 Å². The van der Waals surface area contributed by atoms with Crippen LogP contribution in [0.1, 0.15) is 26.7 Å². The number of oxime groups is 1.